The van der Waals surface area contributed by atoms with Gasteiger partial charge in [0.15, 0.2) is 0 Å². The van der Waals surface area contributed by atoms with Gasteiger partial charge in [-0.2, -0.15) is 0 Å². The Bertz CT molecular complexity index is 637. The Hall–Kier alpha value is -1.55. The number of benzene rings is 1. The fourth-order valence-corrected chi connectivity index (χ4v) is 2.64. The lowest BCUT2D eigenvalue weighted by Crippen LogP contribution is -2.04. The Kier molecular flexibility index (Phi) is 5.83. The third kappa shape index (κ3) is 3.80. The molecule has 2 aromatic rings. The number of halogens is 1. The van der Waals surface area contributed by atoms with Crippen molar-refractivity contribution in [2.45, 2.75) is 53.5 Å². The topological polar surface area (TPSA) is 39.9 Å². The van der Waals surface area contributed by atoms with Gasteiger partial charge in [0, 0.05) is 17.8 Å². The predicted octanol–water partition coefficient (Wildman–Crippen LogP) is 4.14. The zero-order valence-electron chi connectivity index (χ0n) is 13.8. The molecule has 0 aliphatic rings. The van der Waals surface area contributed by atoms with Crippen molar-refractivity contribution in [3.8, 4) is 5.75 Å². The van der Waals surface area contributed by atoms with E-state index >= 15 is 0 Å². The number of nitrogens with zero attached hydrogens (tertiary/aromatic N) is 3. The molecule has 0 saturated heterocycles. The first-order valence-corrected chi connectivity index (χ1v) is 8.25. The van der Waals surface area contributed by atoms with Gasteiger partial charge in [0.05, 0.1) is 12.3 Å². The van der Waals surface area contributed by atoms with Crippen LogP contribution in [-0.4, -0.2) is 21.6 Å². The Balaban J connectivity index is 2.21. The molecule has 2 rings (SSSR count). The lowest BCUT2D eigenvalue weighted by molar-refractivity contribution is 0.313. The van der Waals surface area contributed by atoms with Crippen LogP contribution in [0.5, 0.6) is 5.75 Å². The average Bonchev–Trinajstić information content (AvgIpc) is 2.98. The average molecular weight is 322 g/mol. The van der Waals surface area contributed by atoms with E-state index in [0.29, 0.717) is 0 Å². The summed E-state index contributed by atoms with van der Waals surface area (Å²) in [6.45, 7) is 9.81. The van der Waals surface area contributed by atoms with E-state index in [4.69, 9.17) is 16.3 Å². The van der Waals surface area contributed by atoms with Crippen molar-refractivity contribution >= 4 is 11.6 Å². The molecule has 0 aliphatic carbocycles. The number of hydrogen-bond acceptors (Lipinski definition) is 3. The van der Waals surface area contributed by atoms with Crippen molar-refractivity contribution in [1.29, 1.82) is 0 Å². The first kappa shape index (κ1) is 16.8. The maximum Gasteiger partial charge on any atom is 0.123 e. The van der Waals surface area contributed by atoms with Gasteiger partial charge < -0.3 is 4.74 Å². The van der Waals surface area contributed by atoms with E-state index in [9.17, 15) is 0 Å². The van der Waals surface area contributed by atoms with Gasteiger partial charge in [0.1, 0.15) is 5.75 Å². The number of hydrogen-bond donors (Lipinski definition) is 0. The van der Waals surface area contributed by atoms with E-state index in [2.05, 4.69) is 31.1 Å². The standard InChI is InChI=1S/C17H24ClN3O/c1-5-9-22-16-10-12(3)17(18)13(4)15(16)8-7-14-11-21(6-2)20-19-14/h10-11H,5-9H2,1-4H3. The first-order chi connectivity index (χ1) is 10.6. The van der Waals surface area contributed by atoms with Crippen molar-refractivity contribution in [3.05, 3.63) is 39.7 Å². The van der Waals surface area contributed by atoms with Crippen molar-refractivity contribution in [1.82, 2.24) is 15.0 Å². The Morgan fingerprint density at radius 3 is 2.64 bits per heavy atom. The molecule has 0 saturated carbocycles. The van der Waals surface area contributed by atoms with Crippen molar-refractivity contribution < 1.29 is 4.74 Å². The van der Waals surface area contributed by atoms with Gasteiger partial charge in [-0.3, -0.25) is 4.68 Å². The maximum absolute atomic E-state index is 6.41. The summed E-state index contributed by atoms with van der Waals surface area (Å²) in [5.41, 5.74) is 4.34. The number of aryl methyl sites for hydroxylation is 3. The fourth-order valence-electron chi connectivity index (χ4n) is 2.47. The molecule has 120 valence electrons. The molecule has 0 radical (unpaired) electrons. The van der Waals surface area contributed by atoms with Crippen LogP contribution in [-0.2, 0) is 19.4 Å². The molecule has 0 bridgehead atoms. The molecular weight excluding hydrogens is 298 g/mol. The minimum absolute atomic E-state index is 0.722. The summed E-state index contributed by atoms with van der Waals surface area (Å²) >= 11 is 6.41. The number of ether oxygens (including phenoxy) is 1. The number of rotatable bonds is 7. The lowest BCUT2D eigenvalue weighted by Gasteiger charge is -2.16. The van der Waals surface area contributed by atoms with Crippen molar-refractivity contribution in [3.63, 3.8) is 0 Å². The van der Waals surface area contributed by atoms with Gasteiger partial charge in [0.2, 0.25) is 0 Å². The second-order valence-electron chi connectivity index (χ2n) is 5.52. The molecule has 4 nitrogen and oxygen atoms in total. The minimum Gasteiger partial charge on any atom is -0.493 e. The lowest BCUT2D eigenvalue weighted by atomic mass is 9.99. The molecule has 0 atom stereocenters. The summed E-state index contributed by atoms with van der Waals surface area (Å²) in [6.07, 6.45) is 4.68. The predicted molar refractivity (Wildman–Crippen MR) is 89.8 cm³/mol. The van der Waals surface area contributed by atoms with E-state index in [1.807, 2.05) is 23.9 Å². The van der Waals surface area contributed by atoms with Crippen molar-refractivity contribution in [2.24, 2.45) is 0 Å². The summed E-state index contributed by atoms with van der Waals surface area (Å²) in [5.74, 6) is 0.948. The molecule has 0 unspecified atom stereocenters. The molecular formula is C17H24ClN3O. The molecule has 0 aliphatic heterocycles. The highest BCUT2D eigenvalue weighted by Crippen LogP contribution is 2.32. The van der Waals surface area contributed by atoms with Crippen LogP contribution in [0.1, 0.15) is 42.7 Å². The summed E-state index contributed by atoms with van der Waals surface area (Å²) in [4.78, 5) is 0. The highest BCUT2D eigenvalue weighted by molar-refractivity contribution is 6.32. The van der Waals surface area contributed by atoms with Gasteiger partial charge in [-0.15, -0.1) is 5.10 Å². The molecule has 22 heavy (non-hydrogen) atoms. The molecule has 0 N–H and O–H groups in total. The molecule has 1 aromatic carbocycles. The highest BCUT2D eigenvalue weighted by Gasteiger charge is 2.14. The summed E-state index contributed by atoms with van der Waals surface area (Å²) in [7, 11) is 0. The third-order valence-electron chi connectivity index (χ3n) is 3.78. The van der Waals surface area contributed by atoms with Crippen molar-refractivity contribution in [2.75, 3.05) is 6.61 Å². The van der Waals surface area contributed by atoms with Crippen LogP contribution in [0.4, 0.5) is 0 Å². The van der Waals surface area contributed by atoms with Crippen LogP contribution in [0.15, 0.2) is 12.3 Å². The smallest absolute Gasteiger partial charge is 0.123 e. The summed E-state index contributed by atoms with van der Waals surface area (Å²) in [6, 6.07) is 2.04. The maximum atomic E-state index is 6.41. The summed E-state index contributed by atoms with van der Waals surface area (Å²) < 4.78 is 7.76. The second-order valence-corrected chi connectivity index (χ2v) is 5.90. The Morgan fingerprint density at radius 2 is 2.00 bits per heavy atom. The zero-order valence-corrected chi connectivity index (χ0v) is 14.6. The summed E-state index contributed by atoms with van der Waals surface area (Å²) in [5, 5.41) is 9.11. The van der Waals surface area contributed by atoms with Gasteiger partial charge >= 0.3 is 0 Å². The van der Waals surface area contributed by atoms with Crippen LogP contribution in [0.2, 0.25) is 5.02 Å². The van der Waals surface area contributed by atoms with Crippen LogP contribution in [0.3, 0.4) is 0 Å². The Morgan fingerprint density at radius 1 is 1.23 bits per heavy atom. The van der Waals surface area contributed by atoms with Gasteiger partial charge in [-0.25, -0.2) is 0 Å². The van der Waals surface area contributed by atoms with Crippen LogP contribution < -0.4 is 4.74 Å². The first-order valence-electron chi connectivity index (χ1n) is 7.87. The SMILES string of the molecule is CCCOc1cc(C)c(Cl)c(C)c1CCc1cn(CC)nn1. The normalized spacial score (nSPS) is 11.0. The second kappa shape index (κ2) is 7.63. The van der Waals surface area contributed by atoms with Crippen LogP contribution in [0, 0.1) is 13.8 Å². The molecule has 1 heterocycles. The molecule has 5 heteroatoms. The number of aromatic nitrogens is 3. The fraction of sp³-hybridized carbons (Fsp3) is 0.529. The largest absolute Gasteiger partial charge is 0.493 e. The monoisotopic (exact) mass is 321 g/mol. The van der Waals surface area contributed by atoms with E-state index in [1.165, 1.54) is 5.56 Å². The van der Waals surface area contributed by atoms with Gasteiger partial charge in [0.25, 0.3) is 0 Å². The van der Waals surface area contributed by atoms with Gasteiger partial charge in [-0.05, 0) is 62.8 Å². The van der Waals surface area contributed by atoms with E-state index < -0.39 is 0 Å². The van der Waals surface area contributed by atoms with E-state index in [1.54, 1.807) is 0 Å². The third-order valence-corrected chi connectivity index (χ3v) is 4.36. The molecule has 0 amide bonds. The van der Waals surface area contributed by atoms with E-state index in [0.717, 1.165) is 60.0 Å². The Labute approximate surface area is 137 Å². The molecule has 1 aromatic heterocycles. The van der Waals surface area contributed by atoms with Crippen LogP contribution >= 0.6 is 11.6 Å². The minimum atomic E-state index is 0.722. The zero-order chi connectivity index (χ0) is 16.1. The van der Waals surface area contributed by atoms with Crippen LogP contribution in [0.25, 0.3) is 0 Å². The quantitative estimate of drug-likeness (QED) is 0.769. The molecule has 0 fully saturated rings. The highest BCUT2D eigenvalue weighted by atomic mass is 35.5. The van der Waals surface area contributed by atoms with E-state index in [-0.39, 0.29) is 0 Å². The van der Waals surface area contributed by atoms with Gasteiger partial charge in [-0.1, -0.05) is 23.7 Å². The molecule has 0 spiro atoms.